The molecule has 0 aliphatic rings. The van der Waals surface area contributed by atoms with Crippen molar-refractivity contribution in [1.82, 2.24) is 4.98 Å². The molecule has 0 unspecified atom stereocenters. The Bertz CT molecular complexity index is 485. The van der Waals surface area contributed by atoms with E-state index in [9.17, 15) is 4.79 Å². The third-order valence-electron chi connectivity index (χ3n) is 2.22. The van der Waals surface area contributed by atoms with Crippen LogP contribution in [0.4, 0.5) is 0 Å². The second-order valence-electron chi connectivity index (χ2n) is 3.38. The summed E-state index contributed by atoms with van der Waals surface area (Å²) in [5, 5.41) is 1.07. The van der Waals surface area contributed by atoms with Crippen LogP contribution < -0.4 is 0 Å². The first kappa shape index (κ1) is 10.1. The van der Waals surface area contributed by atoms with E-state index in [1.54, 1.807) is 11.3 Å². The smallest absolute Gasteiger partial charge is 0.150 e. The number of carbonyl (C=O) groups excluding carboxylic acids is 1. The van der Waals surface area contributed by atoms with Crippen LogP contribution in [0.25, 0.3) is 11.3 Å². The molecule has 1 aromatic heterocycles. The fourth-order valence-electron chi connectivity index (χ4n) is 1.52. The summed E-state index contributed by atoms with van der Waals surface area (Å²) in [6.45, 7) is 4.06. The van der Waals surface area contributed by atoms with Crippen LogP contribution in [0.15, 0.2) is 24.3 Å². The minimum absolute atomic E-state index is 0.698. The lowest BCUT2D eigenvalue weighted by molar-refractivity contribution is 0.112. The third kappa shape index (κ3) is 1.97. The van der Waals surface area contributed by atoms with E-state index in [0.717, 1.165) is 22.6 Å². The number of hydrogen-bond acceptors (Lipinski definition) is 3. The van der Waals surface area contributed by atoms with E-state index in [2.05, 4.69) is 11.9 Å². The van der Waals surface area contributed by atoms with Crippen molar-refractivity contribution in [2.24, 2.45) is 0 Å². The van der Waals surface area contributed by atoms with Gasteiger partial charge in [-0.2, -0.15) is 0 Å². The molecule has 0 bridgehead atoms. The second kappa shape index (κ2) is 3.95. The Balaban J connectivity index is 2.45. The number of aldehydes is 1. The zero-order valence-corrected chi connectivity index (χ0v) is 9.47. The summed E-state index contributed by atoms with van der Waals surface area (Å²) in [7, 11) is 0. The van der Waals surface area contributed by atoms with E-state index >= 15 is 0 Å². The van der Waals surface area contributed by atoms with Crippen molar-refractivity contribution in [3.8, 4) is 11.3 Å². The molecule has 2 aromatic rings. The molecule has 2 rings (SSSR count). The number of carbonyl (C=O) groups is 1. The van der Waals surface area contributed by atoms with E-state index in [1.165, 1.54) is 4.88 Å². The number of aryl methyl sites for hydroxylation is 2. The van der Waals surface area contributed by atoms with Gasteiger partial charge in [0.05, 0.1) is 10.7 Å². The molecule has 0 saturated carbocycles. The Labute approximate surface area is 92.6 Å². The first-order chi connectivity index (χ1) is 7.20. The molecular formula is C12H11NOS. The predicted molar refractivity (Wildman–Crippen MR) is 62.4 cm³/mol. The van der Waals surface area contributed by atoms with Gasteiger partial charge in [-0.1, -0.05) is 24.3 Å². The summed E-state index contributed by atoms with van der Waals surface area (Å²) in [6.07, 6.45) is 0.850. The number of thiazole rings is 1. The highest BCUT2D eigenvalue weighted by atomic mass is 32.1. The molecule has 0 aliphatic carbocycles. The van der Waals surface area contributed by atoms with Crippen LogP contribution >= 0.6 is 11.3 Å². The molecule has 0 amide bonds. The van der Waals surface area contributed by atoms with E-state index in [1.807, 2.05) is 31.2 Å². The quantitative estimate of drug-likeness (QED) is 0.723. The van der Waals surface area contributed by atoms with Gasteiger partial charge in [0.1, 0.15) is 6.29 Å². The Morgan fingerprint density at radius 2 is 1.87 bits per heavy atom. The number of nitrogens with zero attached hydrogens (tertiary/aromatic N) is 1. The number of hydrogen-bond donors (Lipinski definition) is 0. The van der Waals surface area contributed by atoms with Crippen LogP contribution in [0.1, 0.15) is 20.2 Å². The van der Waals surface area contributed by atoms with Gasteiger partial charge in [-0.25, -0.2) is 4.98 Å². The van der Waals surface area contributed by atoms with E-state index in [0.29, 0.717) is 5.56 Å². The lowest BCUT2D eigenvalue weighted by atomic mass is 10.1. The molecule has 0 atom stereocenters. The van der Waals surface area contributed by atoms with Crippen LogP contribution in [-0.2, 0) is 0 Å². The largest absolute Gasteiger partial charge is 0.298 e. The summed E-state index contributed by atoms with van der Waals surface area (Å²) >= 11 is 1.69. The van der Waals surface area contributed by atoms with Gasteiger partial charge in [0.2, 0.25) is 0 Å². The van der Waals surface area contributed by atoms with E-state index in [4.69, 9.17) is 0 Å². The van der Waals surface area contributed by atoms with Crippen molar-refractivity contribution in [3.63, 3.8) is 0 Å². The Kier molecular flexibility index (Phi) is 2.64. The molecular weight excluding hydrogens is 206 g/mol. The fourth-order valence-corrected chi connectivity index (χ4v) is 2.36. The monoisotopic (exact) mass is 217 g/mol. The zero-order valence-electron chi connectivity index (χ0n) is 8.65. The second-order valence-corrected chi connectivity index (χ2v) is 4.78. The van der Waals surface area contributed by atoms with Gasteiger partial charge < -0.3 is 0 Å². The Morgan fingerprint density at radius 3 is 2.33 bits per heavy atom. The molecule has 0 spiro atoms. The molecule has 0 fully saturated rings. The molecule has 15 heavy (non-hydrogen) atoms. The van der Waals surface area contributed by atoms with Gasteiger partial charge in [-0.3, -0.25) is 4.79 Å². The standard InChI is InChI=1S/C12H11NOS/c1-8-12(13-9(2)15-8)11-5-3-10(7-14)4-6-11/h3-7H,1-2H3. The molecule has 3 heteroatoms. The van der Waals surface area contributed by atoms with Gasteiger partial charge >= 0.3 is 0 Å². The third-order valence-corrected chi connectivity index (χ3v) is 3.11. The van der Waals surface area contributed by atoms with E-state index < -0.39 is 0 Å². The molecule has 0 N–H and O–H groups in total. The van der Waals surface area contributed by atoms with Crippen LogP contribution in [0.3, 0.4) is 0 Å². The number of benzene rings is 1. The normalized spacial score (nSPS) is 10.3. The summed E-state index contributed by atoms with van der Waals surface area (Å²) in [5.41, 5.74) is 2.79. The highest BCUT2D eigenvalue weighted by Crippen LogP contribution is 2.26. The van der Waals surface area contributed by atoms with Gasteiger partial charge in [0.15, 0.2) is 0 Å². The fraction of sp³-hybridized carbons (Fsp3) is 0.167. The summed E-state index contributed by atoms with van der Waals surface area (Å²) < 4.78 is 0. The molecule has 1 heterocycles. The highest BCUT2D eigenvalue weighted by molar-refractivity contribution is 7.11. The SMILES string of the molecule is Cc1nc(-c2ccc(C=O)cc2)c(C)s1. The van der Waals surface area contributed by atoms with Gasteiger partial charge in [0.25, 0.3) is 0 Å². The average molecular weight is 217 g/mol. The Morgan fingerprint density at radius 1 is 1.20 bits per heavy atom. The number of rotatable bonds is 2. The minimum Gasteiger partial charge on any atom is -0.298 e. The number of aromatic nitrogens is 1. The lowest BCUT2D eigenvalue weighted by Gasteiger charge is -1.98. The molecule has 2 nitrogen and oxygen atoms in total. The van der Waals surface area contributed by atoms with Gasteiger partial charge in [-0.15, -0.1) is 11.3 Å². The zero-order chi connectivity index (χ0) is 10.8. The van der Waals surface area contributed by atoms with E-state index in [-0.39, 0.29) is 0 Å². The molecule has 1 aromatic carbocycles. The minimum atomic E-state index is 0.698. The Hall–Kier alpha value is -1.48. The maximum atomic E-state index is 10.5. The van der Waals surface area contributed by atoms with Crippen molar-refractivity contribution in [1.29, 1.82) is 0 Å². The van der Waals surface area contributed by atoms with Crippen LogP contribution in [0.2, 0.25) is 0 Å². The first-order valence-electron chi connectivity index (χ1n) is 4.70. The van der Waals surface area contributed by atoms with Gasteiger partial charge in [-0.05, 0) is 13.8 Å². The van der Waals surface area contributed by atoms with Crippen molar-refractivity contribution < 1.29 is 4.79 Å². The summed E-state index contributed by atoms with van der Waals surface area (Å²) in [5.74, 6) is 0. The predicted octanol–water partition coefficient (Wildman–Crippen LogP) is 3.24. The molecule has 0 aliphatic heterocycles. The summed E-state index contributed by atoms with van der Waals surface area (Å²) in [6, 6.07) is 7.50. The lowest BCUT2D eigenvalue weighted by Crippen LogP contribution is -1.83. The van der Waals surface area contributed by atoms with Crippen molar-refractivity contribution in [2.75, 3.05) is 0 Å². The summed E-state index contributed by atoms with van der Waals surface area (Å²) in [4.78, 5) is 16.2. The van der Waals surface area contributed by atoms with Crippen LogP contribution in [-0.4, -0.2) is 11.3 Å². The average Bonchev–Trinajstić information content (AvgIpc) is 2.58. The highest BCUT2D eigenvalue weighted by Gasteiger charge is 2.06. The molecule has 0 radical (unpaired) electrons. The van der Waals surface area contributed by atoms with Crippen molar-refractivity contribution in [2.45, 2.75) is 13.8 Å². The van der Waals surface area contributed by atoms with Crippen molar-refractivity contribution in [3.05, 3.63) is 39.7 Å². The molecule has 0 saturated heterocycles. The van der Waals surface area contributed by atoms with Crippen molar-refractivity contribution >= 4 is 17.6 Å². The maximum Gasteiger partial charge on any atom is 0.150 e. The first-order valence-corrected chi connectivity index (χ1v) is 5.52. The molecule has 76 valence electrons. The van der Waals surface area contributed by atoms with Crippen LogP contribution in [0, 0.1) is 13.8 Å². The van der Waals surface area contributed by atoms with Gasteiger partial charge in [0, 0.05) is 16.0 Å². The van der Waals surface area contributed by atoms with Crippen LogP contribution in [0.5, 0.6) is 0 Å². The maximum absolute atomic E-state index is 10.5. The topological polar surface area (TPSA) is 30.0 Å².